The van der Waals surface area contributed by atoms with Crippen molar-refractivity contribution < 1.29 is 68.8 Å². The van der Waals surface area contributed by atoms with E-state index in [2.05, 4.69) is 20.9 Å². The molecule has 2 heterocycles. The van der Waals surface area contributed by atoms with Crippen molar-refractivity contribution in [2.24, 2.45) is 16.5 Å². The molecular weight excluding hydrogens is 931 g/mol. The van der Waals surface area contributed by atoms with E-state index >= 15 is 0 Å². The van der Waals surface area contributed by atoms with E-state index in [0.29, 0.717) is 116 Å². The molecule has 71 heavy (non-hydrogen) atoms. The van der Waals surface area contributed by atoms with E-state index in [1.165, 1.54) is 4.90 Å². The van der Waals surface area contributed by atoms with Gasteiger partial charge in [0.25, 0.3) is 5.91 Å². The molecule has 400 valence electrons. The Balaban J connectivity index is 0.000000622. The minimum Gasteiger partial charge on any atom is -0.480 e. The summed E-state index contributed by atoms with van der Waals surface area (Å²) in [6, 6.07) is 7.17. The second-order valence-electron chi connectivity index (χ2n) is 17.2. The molecule has 13 N–H and O–H groups in total. The van der Waals surface area contributed by atoms with Crippen LogP contribution in [0.15, 0.2) is 29.3 Å². The van der Waals surface area contributed by atoms with Gasteiger partial charge in [0, 0.05) is 110 Å². The number of nitrogens with two attached hydrogens (primary N) is 2. The Morgan fingerprint density at radius 1 is 0.817 bits per heavy atom. The van der Waals surface area contributed by atoms with E-state index in [1.54, 1.807) is 38.8 Å². The number of aliphatic hydroxyl groups is 1. The molecule has 1 aromatic carbocycles. The first-order chi connectivity index (χ1) is 33.7. The number of benzene rings is 1. The number of carbonyl (C=O) groups is 8. The monoisotopic (exact) mass is 1010 g/mol. The molecule has 2 aliphatic rings. The lowest BCUT2D eigenvalue weighted by molar-refractivity contribution is -0.140. The first-order valence-electron chi connectivity index (χ1n) is 23.6. The number of carbonyl (C=O) groups excluding carboxylic acids is 5. The fourth-order valence-electron chi connectivity index (χ4n) is 7.41. The van der Waals surface area contributed by atoms with Gasteiger partial charge in [0.15, 0.2) is 5.96 Å². The molecule has 3 rings (SSSR count). The molecule has 0 saturated carbocycles. The number of nitrogens with one attached hydrogen (secondary N) is 3. The summed E-state index contributed by atoms with van der Waals surface area (Å²) in [4.78, 5) is 105. The summed E-state index contributed by atoms with van der Waals surface area (Å²) in [5.41, 5.74) is 12.2. The molecule has 2 fully saturated rings. The number of β-amino-alcohol motifs (C(OH)–C–C–N with tert-alkyl or cyclic N) is 1. The lowest BCUT2D eigenvalue weighted by Crippen LogP contribution is -2.50. The van der Waals surface area contributed by atoms with Gasteiger partial charge in [-0.05, 0) is 63.6 Å². The van der Waals surface area contributed by atoms with Crippen LogP contribution in [0.4, 0.5) is 0 Å². The Morgan fingerprint density at radius 2 is 1.32 bits per heavy atom. The van der Waals surface area contributed by atoms with Crippen LogP contribution in [0.5, 0.6) is 0 Å². The predicted octanol–water partition coefficient (Wildman–Crippen LogP) is -4.08. The van der Waals surface area contributed by atoms with Crippen LogP contribution >= 0.6 is 0 Å². The van der Waals surface area contributed by atoms with Gasteiger partial charge < -0.3 is 67.7 Å². The summed E-state index contributed by atoms with van der Waals surface area (Å²) in [5, 5.41) is 62.6. The predicted molar refractivity (Wildman–Crippen MR) is 262 cm³/mol. The van der Waals surface area contributed by atoms with Crippen LogP contribution in [0, 0.1) is 0 Å². The van der Waals surface area contributed by atoms with Gasteiger partial charge in [-0.25, -0.2) is 0 Å². The van der Waals surface area contributed by atoms with Gasteiger partial charge in [-0.15, -0.1) is 0 Å². The van der Waals surface area contributed by atoms with Crippen molar-refractivity contribution in [2.45, 2.75) is 77.0 Å². The van der Waals surface area contributed by atoms with E-state index < -0.39 is 37.1 Å². The molecule has 5 amide bonds. The maximum Gasteiger partial charge on any atom is 0.475 e. The Morgan fingerprint density at radius 3 is 1.75 bits per heavy atom. The van der Waals surface area contributed by atoms with E-state index in [1.807, 2.05) is 30.9 Å². The van der Waals surface area contributed by atoms with E-state index in [4.69, 9.17) is 26.6 Å². The minimum absolute atomic E-state index is 0.0236. The van der Waals surface area contributed by atoms with Gasteiger partial charge in [-0.1, -0.05) is 12.1 Å². The normalized spacial score (nSPS) is 17.5. The number of likely N-dealkylation sites (tertiary alicyclic amines) is 1. The standard InChI is InChI=1S/C22H42N8O7.C17H25N3O3.C5H10BNO4/c1-17(3-2-4-25-22(23)24)26-18(31)13-27-5-7-28(14-19(32)33)9-11-30(16-21(36)37)12-10-29(8-6-27)15-20(34)35;1-3-19-17(23)15-9-7-14(8-10-15)12-20(2)16(22)6-4-5-11-18-13-21;8-3-7-2-4(9)1-5(7)6(10)11/h17H,2-16H2,1H3,(H,26,31)(H,32,33)(H,34,35)(H,36,37)(H4,23,24,25);7-10,13H,3-6,11-12H2,1-2H3,(H,18,21)(H,19,23);3-5,9-11H,1-2H2. The number of hydrogen-bond acceptors (Lipinski definition) is 16. The average Bonchev–Trinajstić information content (AvgIpc) is 3.69. The number of carboxylic acid groups (broad SMARTS) is 3. The van der Waals surface area contributed by atoms with Crippen LogP contribution < -0.4 is 27.4 Å². The summed E-state index contributed by atoms with van der Waals surface area (Å²) < 4.78 is 0. The lowest BCUT2D eigenvalue weighted by Gasteiger charge is -2.33. The molecule has 27 heteroatoms. The number of rotatable bonds is 25. The van der Waals surface area contributed by atoms with Crippen molar-refractivity contribution >= 4 is 61.5 Å². The van der Waals surface area contributed by atoms with Crippen LogP contribution in [0.25, 0.3) is 0 Å². The van der Waals surface area contributed by atoms with Gasteiger partial charge >= 0.3 is 25.0 Å². The zero-order valence-electron chi connectivity index (χ0n) is 41.3. The third-order valence-electron chi connectivity index (χ3n) is 11.2. The lowest BCUT2D eigenvalue weighted by atomic mass is 9.78. The maximum atomic E-state index is 12.7. The molecule has 3 atom stereocenters. The van der Waals surface area contributed by atoms with Crippen LogP contribution in [-0.4, -0.2) is 251 Å². The maximum absolute atomic E-state index is 12.7. The highest BCUT2D eigenvalue weighted by Gasteiger charge is 2.37. The molecule has 26 nitrogen and oxygen atoms in total. The minimum atomic E-state index is -1.56. The van der Waals surface area contributed by atoms with E-state index in [-0.39, 0.29) is 68.9 Å². The molecule has 3 unspecified atom stereocenters. The van der Waals surface area contributed by atoms with Crippen molar-refractivity contribution in [3.05, 3.63) is 35.4 Å². The average molecular weight is 1010 g/mol. The number of unbranched alkanes of at least 4 members (excludes halogenated alkanes) is 1. The largest absolute Gasteiger partial charge is 0.480 e. The summed E-state index contributed by atoms with van der Waals surface area (Å²) in [6.45, 7) is 8.33. The van der Waals surface area contributed by atoms with Crippen LogP contribution in [-0.2, 0) is 40.1 Å². The zero-order chi connectivity index (χ0) is 53.3. The molecule has 2 saturated heterocycles. The second kappa shape index (κ2) is 36.0. The number of amides is 5. The van der Waals surface area contributed by atoms with Gasteiger partial charge in [0.05, 0.1) is 38.2 Å². The van der Waals surface area contributed by atoms with Crippen LogP contribution in [0.2, 0.25) is 0 Å². The van der Waals surface area contributed by atoms with Crippen LogP contribution in [0.1, 0.15) is 68.3 Å². The van der Waals surface area contributed by atoms with Crippen molar-refractivity contribution in [3.8, 4) is 0 Å². The van der Waals surface area contributed by atoms with Crippen molar-refractivity contribution in [3.63, 3.8) is 0 Å². The first kappa shape index (κ1) is 63.1. The van der Waals surface area contributed by atoms with Gasteiger partial charge in [-0.2, -0.15) is 0 Å². The fourth-order valence-corrected chi connectivity index (χ4v) is 7.41. The molecule has 2 aliphatic heterocycles. The Hall–Kier alpha value is -5.97. The van der Waals surface area contributed by atoms with E-state index in [0.717, 1.165) is 18.4 Å². The third-order valence-corrected chi connectivity index (χ3v) is 11.2. The number of aliphatic imine (C=N–C) groups is 1. The van der Waals surface area contributed by atoms with Gasteiger partial charge in [0.1, 0.15) is 0 Å². The van der Waals surface area contributed by atoms with Crippen LogP contribution in [0.3, 0.4) is 0 Å². The molecular formula is C44H77BN12O14. The topological polar surface area (TPSA) is 378 Å². The summed E-state index contributed by atoms with van der Waals surface area (Å²) in [5.74, 6) is -3.84. The zero-order valence-corrected chi connectivity index (χ0v) is 41.3. The molecule has 0 bridgehead atoms. The molecule has 0 aliphatic carbocycles. The summed E-state index contributed by atoms with van der Waals surface area (Å²) in [7, 11) is 0.210. The highest BCUT2D eigenvalue weighted by atomic mass is 16.4. The van der Waals surface area contributed by atoms with Crippen molar-refractivity contribution in [2.75, 3.05) is 112 Å². The van der Waals surface area contributed by atoms with Gasteiger partial charge in [0.2, 0.25) is 24.6 Å². The number of nitrogens with zero attached hydrogens (tertiary/aromatic N) is 7. The summed E-state index contributed by atoms with van der Waals surface area (Å²) in [6.07, 6.45) is 4.18. The second-order valence-corrected chi connectivity index (χ2v) is 17.2. The number of hydrogen-bond donors (Lipinski definition) is 11. The summed E-state index contributed by atoms with van der Waals surface area (Å²) >= 11 is 0. The number of guanidine groups is 1. The molecule has 0 aromatic heterocycles. The number of aliphatic carboxylic acids is 3. The van der Waals surface area contributed by atoms with E-state index in [9.17, 15) is 53.7 Å². The highest BCUT2D eigenvalue weighted by Crippen LogP contribution is 2.16. The highest BCUT2D eigenvalue weighted by molar-refractivity contribution is 6.43. The van der Waals surface area contributed by atoms with Crippen molar-refractivity contribution in [1.82, 2.24) is 45.3 Å². The Kier molecular flexibility index (Phi) is 32.0. The molecule has 1 aromatic rings. The Labute approximate surface area is 415 Å². The number of carboxylic acids is 3. The first-order valence-corrected chi connectivity index (χ1v) is 23.6. The SMILES string of the molecule is CC(CCCN=C(N)N)NC(=O)CN1CCN(CC(=O)O)CCN(CC(=O)O)CCN(CC(=O)O)CC1.CCNC(=O)c1ccc(CN(C)C(=O)CCCCNC=O)cc1.O=CN1CC(O)CC1B(O)O. The third kappa shape index (κ3) is 29.7. The Bertz CT molecular complexity index is 1780. The fraction of sp³-hybridized carbons (Fsp3) is 0.659. The molecule has 0 radical (unpaired) electrons. The van der Waals surface area contributed by atoms with Gasteiger partial charge in [-0.3, -0.25) is 62.9 Å². The smallest absolute Gasteiger partial charge is 0.475 e. The quantitative estimate of drug-likeness (QED) is 0.0146. The molecule has 0 spiro atoms. The van der Waals surface area contributed by atoms with Crippen molar-refractivity contribution in [1.29, 1.82) is 0 Å². The number of aliphatic hydroxyl groups excluding tert-OH is 1.